The van der Waals surface area contributed by atoms with Crippen LogP contribution in [0, 0.1) is 0 Å². The van der Waals surface area contributed by atoms with E-state index >= 15 is 0 Å². The molecule has 0 fully saturated rings. The van der Waals surface area contributed by atoms with Gasteiger partial charge in [0.15, 0.2) is 0 Å². The summed E-state index contributed by atoms with van der Waals surface area (Å²) in [5.74, 6) is 0. The first kappa shape index (κ1) is 73.2. The van der Waals surface area contributed by atoms with Gasteiger partial charge < -0.3 is 79.8 Å². The molecule has 0 bridgehead atoms. The molecule has 0 aromatic carbocycles. The second kappa shape index (κ2) is 47.3. The Labute approximate surface area is 368 Å². The molecule has 10 N–H and O–H groups in total. The predicted octanol–water partition coefficient (Wildman–Crippen LogP) is 7.55. The minimum Gasteiger partial charge on any atom is -0.538 e. The third kappa shape index (κ3) is 78.1. The van der Waals surface area contributed by atoms with Gasteiger partial charge in [0.2, 0.25) is 0 Å². The van der Waals surface area contributed by atoms with Crippen molar-refractivity contribution in [2.75, 3.05) is 52.4 Å². The molecule has 352 valence electrons. The van der Waals surface area contributed by atoms with Crippen LogP contribution in [0.15, 0.2) is 0 Å². The number of rotatable bonds is 8. The van der Waals surface area contributed by atoms with Crippen LogP contribution in [0.3, 0.4) is 0 Å². The minimum absolute atomic E-state index is 0.157. The number of quaternary nitrogens is 2. The summed E-state index contributed by atoms with van der Waals surface area (Å²) in [6, 6.07) is 0. The number of nitrogens with zero attached hydrogens (tertiary/aromatic N) is 2. The fourth-order valence-corrected chi connectivity index (χ4v) is 4.01. The summed E-state index contributed by atoms with van der Waals surface area (Å²) in [5.41, 5.74) is 0. The highest BCUT2D eigenvalue weighted by atomic mass is 32.2. The van der Waals surface area contributed by atoms with Crippen molar-refractivity contribution >= 4 is 134 Å². The Hall–Kier alpha value is -4.34. The molecule has 0 radical (unpaired) electrons. The van der Waals surface area contributed by atoms with Gasteiger partial charge in [-0.15, -0.1) is 0 Å². The smallest absolute Gasteiger partial charge is 0.376 e. The molecule has 0 aliphatic heterocycles. The fourth-order valence-electron chi connectivity index (χ4n) is 3.12. The van der Waals surface area contributed by atoms with Gasteiger partial charge in [0, 0.05) is 0 Å². The summed E-state index contributed by atoms with van der Waals surface area (Å²) in [5, 5.41) is 77.8. The van der Waals surface area contributed by atoms with E-state index in [1.54, 1.807) is 0 Å². The van der Waals surface area contributed by atoms with Gasteiger partial charge in [-0.25, -0.2) is 47.9 Å². The van der Waals surface area contributed by atoms with Gasteiger partial charge >= 0.3 is 53.0 Å². The van der Waals surface area contributed by atoms with Crippen molar-refractivity contribution in [1.29, 1.82) is 0 Å². The van der Waals surface area contributed by atoms with Crippen LogP contribution >= 0.6 is 70.6 Å². The maximum Gasteiger partial charge on any atom is 0.376 e. The van der Waals surface area contributed by atoms with Crippen LogP contribution < -0.4 is 10.2 Å². The van der Waals surface area contributed by atoms with Crippen molar-refractivity contribution in [2.45, 2.75) is 55.4 Å². The maximum absolute atomic E-state index is 9.39. The molecule has 0 aromatic rings. The first-order chi connectivity index (χ1) is 27.2. The van der Waals surface area contributed by atoms with E-state index in [1.807, 2.05) is 0 Å². The number of carbonyl (C=O) groups is 12. The Morgan fingerprint density at radius 2 is 0.383 bits per heavy atom. The molecule has 0 saturated heterocycles. The Kier molecular flexibility index (Phi) is 57.8. The molecule has 32 heteroatoms. The summed E-state index contributed by atoms with van der Waals surface area (Å²) in [6.45, 7) is 28.4. The molecule has 0 spiro atoms. The van der Waals surface area contributed by atoms with Gasteiger partial charge in [0.05, 0.1) is 111 Å². The van der Waals surface area contributed by atoms with E-state index in [1.165, 1.54) is 61.3 Å². The van der Waals surface area contributed by atoms with Crippen molar-refractivity contribution in [2.24, 2.45) is 0 Å². The Morgan fingerprint density at radius 3 is 0.383 bits per heavy atom. The second-order valence-electron chi connectivity index (χ2n) is 8.98. The van der Waals surface area contributed by atoms with Crippen LogP contribution in [0.1, 0.15) is 55.4 Å². The van der Waals surface area contributed by atoms with Gasteiger partial charge in [-0.2, -0.15) is 0 Å². The topological polar surface area (TPSA) is 453 Å². The Balaban J connectivity index is -0.0000000861. The minimum atomic E-state index is -1.71. The van der Waals surface area contributed by atoms with E-state index < -0.39 is 63.6 Å². The predicted molar refractivity (Wildman–Crippen MR) is 221 cm³/mol. The summed E-state index contributed by atoms with van der Waals surface area (Å²) in [6.07, 6.45) is 0. The van der Waals surface area contributed by atoms with E-state index in [-0.39, 0.29) is 70.6 Å². The lowest BCUT2D eigenvalue weighted by Gasteiger charge is -2.34. The largest absolute Gasteiger partial charge is 0.538 e. The lowest BCUT2D eigenvalue weighted by Crippen LogP contribution is -2.47. The quantitative estimate of drug-likeness (QED) is 0.105. The molecule has 0 aromatic heterocycles. The number of thioether (sulfide) groups is 6. The van der Waals surface area contributed by atoms with E-state index in [0.717, 1.165) is 0 Å². The van der Waals surface area contributed by atoms with Crippen molar-refractivity contribution in [3.05, 3.63) is 0 Å². The van der Waals surface area contributed by atoms with Gasteiger partial charge in [-0.05, 0) is 55.4 Å². The summed E-state index contributed by atoms with van der Waals surface area (Å²) < 4.78 is 2.56. The third-order valence-corrected chi connectivity index (χ3v) is 8.49. The standard InChI is InChI=1S/2C8H20N.6C2H2O4S/c2*1-5-9(6-2,7-3)8-4;6*3-1(4)7-2(5)6/h2*5-8H2,1-4H3;6*(H,3,4)(H,5,6)/q2*+1;;;;;;/p-2. The average molecular weight is 991 g/mol. The van der Waals surface area contributed by atoms with Crippen molar-refractivity contribution < 1.29 is 128 Å². The fraction of sp³-hybridized carbons (Fsp3) is 0.571. The maximum atomic E-state index is 9.39. The highest BCUT2D eigenvalue weighted by Crippen LogP contribution is 2.05. The SMILES string of the molecule is CC[N+](CC)(CC)CC.CC[N+](CC)(CC)CC.O=C(O)SC(=O)O.O=C(O)SC(=O)O.O=C(O)SC(=O)O.O=C(O)SC(=O)O.O=C(O)SC(=O)O.O=C([O-])SC(=O)[O-]. The molecular weight excluding hydrogens is 941 g/mol. The zero-order valence-corrected chi connectivity index (χ0v) is 38.1. The van der Waals surface area contributed by atoms with Crippen molar-refractivity contribution in [3.8, 4) is 0 Å². The lowest BCUT2D eigenvalue weighted by molar-refractivity contribution is -0.921. The van der Waals surface area contributed by atoms with Crippen LogP contribution in [0.5, 0.6) is 0 Å². The molecule has 0 aliphatic carbocycles. The van der Waals surface area contributed by atoms with Crippen LogP contribution in [0.25, 0.3) is 0 Å². The number of carboxylic acid groups (broad SMARTS) is 12. The van der Waals surface area contributed by atoms with Crippen molar-refractivity contribution in [3.63, 3.8) is 0 Å². The highest BCUT2D eigenvalue weighted by molar-refractivity contribution is 8.26. The van der Waals surface area contributed by atoms with Crippen molar-refractivity contribution in [1.82, 2.24) is 0 Å². The Bertz CT molecular complexity index is 1000. The van der Waals surface area contributed by atoms with Gasteiger partial charge in [-0.3, -0.25) is 0 Å². The van der Waals surface area contributed by atoms with E-state index in [0.29, 0.717) is 0 Å². The summed E-state index contributed by atoms with van der Waals surface area (Å²) in [4.78, 5) is 112. The average Bonchev–Trinajstić information content (AvgIpc) is 3.06. The molecule has 0 amide bonds. The summed E-state index contributed by atoms with van der Waals surface area (Å²) in [7, 11) is 0. The van der Waals surface area contributed by atoms with Gasteiger partial charge in [0.1, 0.15) is 10.6 Å². The Morgan fingerprint density at radius 1 is 0.283 bits per heavy atom. The molecule has 26 nitrogen and oxygen atoms in total. The van der Waals surface area contributed by atoms with Crippen LogP contribution in [0.2, 0.25) is 0 Å². The van der Waals surface area contributed by atoms with Crippen LogP contribution in [-0.4, -0.2) is 176 Å². The molecule has 0 atom stereocenters. The molecule has 60 heavy (non-hydrogen) atoms. The monoisotopic (exact) mass is 990 g/mol. The van der Waals surface area contributed by atoms with Gasteiger partial charge in [0.25, 0.3) is 0 Å². The van der Waals surface area contributed by atoms with E-state index in [2.05, 4.69) is 55.4 Å². The first-order valence-corrected chi connectivity index (χ1v) is 20.6. The molecule has 0 heterocycles. The third-order valence-electron chi connectivity index (χ3n) is 6.41. The molecule has 0 rings (SSSR count). The first-order valence-electron chi connectivity index (χ1n) is 15.7. The number of carbonyl (C=O) groups excluding carboxylic acids is 2. The number of hydrogen-bond acceptors (Lipinski definition) is 20. The zero-order chi connectivity index (χ0) is 49.8. The van der Waals surface area contributed by atoms with Crippen LogP contribution in [-0.2, 0) is 0 Å². The van der Waals surface area contributed by atoms with Crippen LogP contribution in [0.4, 0.5) is 57.5 Å². The molecular formula is C28H50N2O24S6. The van der Waals surface area contributed by atoms with Gasteiger partial charge in [-0.1, -0.05) is 11.8 Å². The highest BCUT2D eigenvalue weighted by Gasteiger charge is 2.17. The summed E-state index contributed by atoms with van der Waals surface area (Å²) >= 11 is -1.17. The zero-order valence-electron chi connectivity index (χ0n) is 33.2. The normalized spacial score (nSPS) is 9.20. The number of hydrogen-bond donors (Lipinski definition) is 10. The molecule has 0 aliphatic rings. The van der Waals surface area contributed by atoms with E-state index in [9.17, 15) is 67.7 Å². The molecule has 0 unspecified atom stereocenters. The molecule has 0 saturated carbocycles. The lowest BCUT2D eigenvalue weighted by atomic mass is 10.3. The second-order valence-corrected chi connectivity index (χ2v) is 14.4. The van der Waals surface area contributed by atoms with E-state index in [4.69, 9.17) is 51.1 Å².